The molecule has 0 aliphatic heterocycles. The van der Waals surface area contributed by atoms with Crippen molar-refractivity contribution in [1.82, 2.24) is 0 Å². The first-order valence-electron chi connectivity index (χ1n) is 4.37. The lowest BCUT2D eigenvalue weighted by Crippen LogP contribution is -3.00. The molecule has 0 amide bonds. The van der Waals surface area contributed by atoms with Gasteiger partial charge in [0, 0.05) is 5.97 Å². The molecule has 4 nitrogen and oxygen atoms in total. The minimum Gasteiger partial charge on any atom is -1.00 e. The Morgan fingerprint density at radius 2 is 1.71 bits per heavy atom. The third kappa shape index (κ3) is 14.2. The third-order valence-electron chi connectivity index (χ3n) is 1.88. The van der Waals surface area contributed by atoms with Crippen LogP contribution in [-0.4, -0.2) is 49.4 Å². The fraction of sp³-hybridized carbons (Fsp3) is 0.889. The molecule has 0 heterocycles. The summed E-state index contributed by atoms with van der Waals surface area (Å²) in [5.74, 6) is -0.995. The van der Waals surface area contributed by atoms with Gasteiger partial charge in [0.25, 0.3) is 0 Å². The van der Waals surface area contributed by atoms with E-state index in [1.54, 1.807) is 0 Å². The molecule has 0 aromatic rings. The average Bonchev–Trinajstić information content (AvgIpc) is 2.02. The molecule has 0 aromatic carbocycles. The SMILES string of the molecule is CC(CO)[N+](C)(C)C.CCC(=O)[O-].[Cl-]. The number of halogens is 1. The van der Waals surface area contributed by atoms with Crippen LogP contribution in [0.1, 0.15) is 20.3 Å². The zero-order valence-electron chi connectivity index (χ0n) is 9.58. The first-order chi connectivity index (χ1) is 5.75. The van der Waals surface area contributed by atoms with Crippen LogP contribution < -0.4 is 17.5 Å². The van der Waals surface area contributed by atoms with E-state index in [2.05, 4.69) is 21.1 Å². The van der Waals surface area contributed by atoms with E-state index in [9.17, 15) is 9.90 Å². The number of aliphatic hydroxyl groups is 1. The fourth-order valence-electron chi connectivity index (χ4n) is 0.245. The topological polar surface area (TPSA) is 60.4 Å². The van der Waals surface area contributed by atoms with Crippen LogP contribution in [0.4, 0.5) is 0 Å². The average molecular weight is 227 g/mol. The van der Waals surface area contributed by atoms with Crippen molar-refractivity contribution in [2.45, 2.75) is 26.3 Å². The van der Waals surface area contributed by atoms with Gasteiger partial charge in [-0.3, -0.25) is 0 Å². The van der Waals surface area contributed by atoms with Crippen molar-refractivity contribution in [1.29, 1.82) is 0 Å². The van der Waals surface area contributed by atoms with E-state index in [1.165, 1.54) is 6.92 Å². The number of aliphatic carboxylic acids is 1. The summed E-state index contributed by atoms with van der Waals surface area (Å²) in [6.07, 6.45) is 0.111. The molecule has 0 aromatic heterocycles. The minimum atomic E-state index is -0.995. The number of likely N-dealkylation sites (N-methyl/N-ethyl adjacent to an activating group) is 1. The maximum absolute atomic E-state index is 9.26. The van der Waals surface area contributed by atoms with Crippen LogP contribution in [-0.2, 0) is 4.79 Å². The second-order valence-corrected chi connectivity index (χ2v) is 3.87. The van der Waals surface area contributed by atoms with Gasteiger partial charge in [-0.05, 0) is 13.3 Å². The fourth-order valence-corrected chi connectivity index (χ4v) is 0.245. The number of carbonyl (C=O) groups is 1. The van der Waals surface area contributed by atoms with Crippen LogP contribution in [0.25, 0.3) is 0 Å². The summed E-state index contributed by atoms with van der Waals surface area (Å²) in [5, 5.41) is 17.9. The highest BCUT2D eigenvalue weighted by Crippen LogP contribution is 1.98. The molecule has 0 aliphatic carbocycles. The zero-order valence-corrected chi connectivity index (χ0v) is 10.3. The highest BCUT2D eigenvalue weighted by Gasteiger charge is 2.15. The molecule has 0 rings (SSSR count). The summed E-state index contributed by atoms with van der Waals surface area (Å²) in [7, 11) is 6.21. The van der Waals surface area contributed by atoms with Crippen LogP contribution >= 0.6 is 0 Å². The van der Waals surface area contributed by atoms with Gasteiger partial charge in [-0.2, -0.15) is 0 Å². The van der Waals surface area contributed by atoms with Crippen LogP contribution in [0.3, 0.4) is 0 Å². The summed E-state index contributed by atoms with van der Waals surface area (Å²) >= 11 is 0. The summed E-state index contributed by atoms with van der Waals surface area (Å²) in [5.41, 5.74) is 0. The van der Waals surface area contributed by atoms with Crippen LogP contribution in [0, 0.1) is 0 Å². The predicted octanol–water partition coefficient (Wildman–Crippen LogP) is -3.78. The van der Waals surface area contributed by atoms with Crippen molar-refractivity contribution in [3.8, 4) is 0 Å². The number of quaternary nitrogens is 1. The van der Waals surface area contributed by atoms with Crippen molar-refractivity contribution in [2.75, 3.05) is 27.7 Å². The number of rotatable bonds is 3. The molecule has 0 spiro atoms. The minimum absolute atomic E-state index is 0. The summed E-state index contributed by atoms with van der Waals surface area (Å²) in [4.78, 5) is 9.26. The maximum atomic E-state index is 9.26. The number of carbonyl (C=O) groups excluding carboxylic acids is 1. The number of carboxylic acids is 1. The Bertz CT molecular complexity index is 145. The number of nitrogens with zero attached hydrogens (tertiary/aromatic N) is 1. The van der Waals surface area contributed by atoms with Crippen molar-refractivity contribution < 1.29 is 31.9 Å². The van der Waals surface area contributed by atoms with Crippen LogP contribution in [0.5, 0.6) is 0 Å². The van der Waals surface area contributed by atoms with Gasteiger partial charge < -0.3 is 31.9 Å². The van der Waals surface area contributed by atoms with Gasteiger partial charge in [0.15, 0.2) is 0 Å². The molecule has 14 heavy (non-hydrogen) atoms. The lowest BCUT2D eigenvalue weighted by molar-refractivity contribution is -0.894. The second-order valence-electron chi connectivity index (χ2n) is 3.87. The van der Waals surface area contributed by atoms with Gasteiger partial charge in [-0.25, -0.2) is 0 Å². The molecule has 0 aliphatic rings. The summed E-state index contributed by atoms with van der Waals surface area (Å²) < 4.78 is 0.830. The molecule has 1 unspecified atom stereocenters. The quantitative estimate of drug-likeness (QED) is 0.503. The van der Waals surface area contributed by atoms with Crippen LogP contribution in [0.15, 0.2) is 0 Å². The van der Waals surface area contributed by atoms with Crippen molar-refractivity contribution >= 4 is 5.97 Å². The zero-order chi connectivity index (χ0) is 11.1. The molecule has 88 valence electrons. The first kappa shape index (κ1) is 19.3. The van der Waals surface area contributed by atoms with Gasteiger partial charge in [-0.1, -0.05) is 6.92 Å². The van der Waals surface area contributed by atoms with E-state index in [1.807, 2.05) is 6.92 Å². The normalized spacial score (nSPS) is 11.9. The highest BCUT2D eigenvalue weighted by atomic mass is 35.5. The van der Waals surface area contributed by atoms with Gasteiger partial charge >= 0.3 is 0 Å². The van der Waals surface area contributed by atoms with Gasteiger partial charge in [0.1, 0.15) is 6.04 Å². The molecule has 0 saturated heterocycles. The second kappa shape index (κ2) is 9.24. The predicted molar refractivity (Wildman–Crippen MR) is 49.9 cm³/mol. The summed E-state index contributed by atoms with van der Waals surface area (Å²) in [6, 6.07) is 0.343. The smallest absolute Gasteiger partial charge is 0.109 e. The van der Waals surface area contributed by atoms with Crippen molar-refractivity contribution in [3.05, 3.63) is 0 Å². The highest BCUT2D eigenvalue weighted by molar-refractivity contribution is 5.63. The Hall–Kier alpha value is -0.320. The standard InChI is InChI=1S/C6H16NO.C3H6O2.ClH/c1-6(5-8)7(2,3)4;1-2-3(4)5;/h6,8H,5H2,1-4H3;2H2,1H3,(H,4,5);1H/q+1;;/p-2. The van der Waals surface area contributed by atoms with Gasteiger partial charge in [0.2, 0.25) is 0 Å². The van der Waals surface area contributed by atoms with Crippen LogP contribution in [0.2, 0.25) is 0 Å². The van der Waals surface area contributed by atoms with Gasteiger partial charge in [0.05, 0.1) is 27.7 Å². The van der Waals surface area contributed by atoms with Crippen molar-refractivity contribution in [2.24, 2.45) is 0 Å². The summed E-state index contributed by atoms with van der Waals surface area (Å²) in [6.45, 7) is 3.83. The number of carboxylic acid groups (broad SMARTS) is 1. The molecule has 1 N–H and O–H groups in total. The number of aliphatic hydroxyl groups excluding tert-OH is 1. The molecule has 0 fully saturated rings. The van der Waals surface area contributed by atoms with E-state index < -0.39 is 5.97 Å². The lowest BCUT2D eigenvalue weighted by atomic mass is 10.3. The largest absolute Gasteiger partial charge is 1.00 e. The molecule has 0 bridgehead atoms. The van der Waals surface area contributed by atoms with Crippen molar-refractivity contribution in [3.63, 3.8) is 0 Å². The Labute approximate surface area is 92.5 Å². The Balaban J connectivity index is -0.000000177. The Morgan fingerprint density at radius 1 is 1.43 bits per heavy atom. The monoisotopic (exact) mass is 226 g/mol. The molecule has 0 radical (unpaired) electrons. The Morgan fingerprint density at radius 3 is 1.71 bits per heavy atom. The van der Waals surface area contributed by atoms with E-state index in [0.29, 0.717) is 6.04 Å². The molecular formula is C9H21ClNO3-. The number of hydrogen-bond acceptors (Lipinski definition) is 3. The Kier molecular flexibility index (Phi) is 12.7. The molecule has 5 heteroatoms. The van der Waals surface area contributed by atoms with E-state index >= 15 is 0 Å². The third-order valence-corrected chi connectivity index (χ3v) is 1.88. The first-order valence-corrected chi connectivity index (χ1v) is 4.37. The van der Waals surface area contributed by atoms with E-state index in [4.69, 9.17) is 5.11 Å². The lowest BCUT2D eigenvalue weighted by Gasteiger charge is -2.29. The van der Waals surface area contributed by atoms with Gasteiger partial charge in [-0.15, -0.1) is 0 Å². The molecule has 1 atom stereocenters. The molecule has 0 saturated carbocycles. The maximum Gasteiger partial charge on any atom is 0.109 e. The van der Waals surface area contributed by atoms with E-state index in [-0.39, 0.29) is 25.4 Å². The van der Waals surface area contributed by atoms with E-state index in [0.717, 1.165) is 4.48 Å². The number of hydrogen-bond donors (Lipinski definition) is 1. The molecular weight excluding hydrogens is 206 g/mol.